The topological polar surface area (TPSA) is 49.7 Å². The summed E-state index contributed by atoms with van der Waals surface area (Å²) in [5, 5.41) is 4.62. The molecule has 0 spiro atoms. The molecule has 73 heavy (non-hydrogen) atoms. The molecule has 12 aromatic rings. The molecule has 4 heterocycles. The molecule has 8 aromatic carbocycles. The zero-order chi connectivity index (χ0) is 50.1. The van der Waals surface area contributed by atoms with Crippen LogP contribution in [0.3, 0.4) is 0 Å². The van der Waals surface area contributed by atoms with Crippen molar-refractivity contribution in [1.82, 2.24) is 24.1 Å². The molecule has 0 aliphatic rings. The van der Waals surface area contributed by atoms with Gasteiger partial charge >= 0.3 is 21.1 Å². The maximum absolute atomic E-state index is 5.75. The number of benzene rings is 8. The molecular formula is C67H59N5Pt. The summed E-state index contributed by atoms with van der Waals surface area (Å²) < 4.78 is 4.67. The molecule has 0 unspecified atom stereocenters. The molecule has 0 saturated carbocycles. The van der Waals surface area contributed by atoms with Crippen LogP contribution in [0, 0.1) is 68.4 Å². The Labute approximate surface area is 443 Å². The summed E-state index contributed by atoms with van der Waals surface area (Å²) >= 11 is 0. The van der Waals surface area contributed by atoms with Gasteiger partial charge in [0.05, 0.1) is 11.0 Å². The maximum atomic E-state index is 5.75. The van der Waals surface area contributed by atoms with Gasteiger partial charge < -0.3 is 9.55 Å². The number of imidazole rings is 1. The number of fused-ring (bicyclic) bond motifs is 7. The van der Waals surface area contributed by atoms with Gasteiger partial charge in [0.15, 0.2) is 0 Å². The second-order valence-corrected chi connectivity index (χ2v) is 21.6. The molecule has 4 aromatic heterocycles. The second kappa shape index (κ2) is 17.7. The first-order valence-corrected chi connectivity index (χ1v) is 25.3. The van der Waals surface area contributed by atoms with Crippen molar-refractivity contribution in [1.29, 1.82) is 0 Å². The van der Waals surface area contributed by atoms with Crippen molar-refractivity contribution in [3.8, 4) is 56.3 Å². The first-order valence-electron chi connectivity index (χ1n) is 25.3. The van der Waals surface area contributed by atoms with Gasteiger partial charge in [-0.3, -0.25) is 4.57 Å². The minimum absolute atomic E-state index is 0. The molecule has 0 radical (unpaired) electrons. The minimum Gasteiger partial charge on any atom is -0.656 e. The fraction of sp³-hybridized carbons (Fsp3) is 0.194. The van der Waals surface area contributed by atoms with Gasteiger partial charge in [-0.1, -0.05) is 128 Å². The van der Waals surface area contributed by atoms with Gasteiger partial charge in [0.1, 0.15) is 11.6 Å². The van der Waals surface area contributed by atoms with E-state index in [2.05, 4.69) is 232 Å². The second-order valence-electron chi connectivity index (χ2n) is 21.6. The quantitative estimate of drug-likeness (QED) is 0.156. The van der Waals surface area contributed by atoms with Crippen LogP contribution in [-0.4, -0.2) is 19.1 Å². The largest absolute Gasteiger partial charge is 2.00 e. The van der Waals surface area contributed by atoms with Crippen molar-refractivity contribution in [3.63, 3.8) is 0 Å². The zero-order valence-electron chi connectivity index (χ0n) is 43.8. The van der Waals surface area contributed by atoms with E-state index in [9.17, 15) is 0 Å². The van der Waals surface area contributed by atoms with Crippen molar-refractivity contribution in [2.45, 2.75) is 88.5 Å². The molecule has 12 rings (SSSR count). The molecule has 0 bridgehead atoms. The Morgan fingerprint density at radius 2 is 1.18 bits per heavy atom. The SMILES string of the molecule is Cc1cc(C)c(-c2ccnc(-n3c4[c-]c(-c5cccc6c5nc(-c5cccc7c5[n-]c5cccc(-c8c(C)cc(C)cc8C)c57)n6-c5cc(C)c(C)c(C)c5)ccc4c4cc(C(C)(C)C)ccc43)c2)c(C)c1.[Pt+2]. The summed E-state index contributed by atoms with van der Waals surface area (Å²) in [6, 6.07) is 53.3. The predicted molar refractivity (Wildman–Crippen MR) is 303 cm³/mol. The fourth-order valence-corrected chi connectivity index (χ4v) is 11.9. The molecule has 362 valence electrons. The van der Waals surface area contributed by atoms with E-state index in [-0.39, 0.29) is 26.5 Å². The van der Waals surface area contributed by atoms with Crippen LogP contribution in [0.5, 0.6) is 0 Å². The predicted octanol–water partition coefficient (Wildman–Crippen LogP) is 17.3. The van der Waals surface area contributed by atoms with Gasteiger partial charge in [0.25, 0.3) is 0 Å². The Morgan fingerprint density at radius 3 is 1.88 bits per heavy atom. The van der Waals surface area contributed by atoms with E-state index >= 15 is 0 Å². The molecule has 0 aliphatic carbocycles. The third-order valence-corrected chi connectivity index (χ3v) is 15.4. The maximum Gasteiger partial charge on any atom is 2.00 e. The van der Waals surface area contributed by atoms with Crippen LogP contribution in [0.1, 0.15) is 76.4 Å². The van der Waals surface area contributed by atoms with Gasteiger partial charge in [0.2, 0.25) is 0 Å². The molecule has 0 aliphatic heterocycles. The van der Waals surface area contributed by atoms with E-state index < -0.39 is 0 Å². The van der Waals surface area contributed by atoms with E-state index in [0.717, 1.165) is 83.5 Å². The Bertz CT molecular complexity index is 4170. The van der Waals surface area contributed by atoms with Crippen molar-refractivity contribution >= 4 is 54.6 Å². The minimum atomic E-state index is -0.0258. The molecule has 0 N–H and O–H groups in total. The Balaban J connectivity index is 0.00000574. The van der Waals surface area contributed by atoms with E-state index in [0.29, 0.717) is 0 Å². The first kappa shape index (κ1) is 48.0. The molecule has 6 heteroatoms. The molecule has 0 saturated heterocycles. The number of nitrogens with zero attached hydrogens (tertiary/aromatic N) is 5. The molecule has 0 fully saturated rings. The van der Waals surface area contributed by atoms with Gasteiger partial charge in [-0.05, 0) is 193 Å². The van der Waals surface area contributed by atoms with Crippen molar-refractivity contribution < 1.29 is 21.1 Å². The van der Waals surface area contributed by atoms with Crippen LogP contribution in [0.2, 0.25) is 0 Å². The smallest absolute Gasteiger partial charge is 0.656 e. The number of hydrogen-bond donors (Lipinski definition) is 0. The van der Waals surface area contributed by atoms with Gasteiger partial charge in [0, 0.05) is 23.0 Å². The normalized spacial score (nSPS) is 12.0. The number of rotatable bonds is 6. The number of para-hydroxylation sites is 2. The fourth-order valence-electron chi connectivity index (χ4n) is 11.9. The molecular weight excluding hydrogens is 1070 g/mol. The van der Waals surface area contributed by atoms with Crippen LogP contribution in [-0.2, 0) is 26.5 Å². The molecule has 0 atom stereocenters. The van der Waals surface area contributed by atoms with E-state index in [1.807, 2.05) is 6.20 Å². The Morgan fingerprint density at radius 1 is 0.534 bits per heavy atom. The number of pyridine rings is 1. The summed E-state index contributed by atoms with van der Waals surface area (Å²) in [5.74, 6) is 1.71. The summed E-state index contributed by atoms with van der Waals surface area (Å²) in [6.45, 7) is 26.7. The summed E-state index contributed by atoms with van der Waals surface area (Å²) in [4.78, 5) is 16.3. The van der Waals surface area contributed by atoms with E-state index in [4.69, 9.17) is 15.0 Å². The summed E-state index contributed by atoms with van der Waals surface area (Å²) in [6.07, 6.45) is 1.95. The van der Waals surface area contributed by atoms with Gasteiger partial charge in [-0.15, -0.1) is 34.8 Å². The average molecular weight is 1130 g/mol. The molecule has 5 nitrogen and oxygen atoms in total. The average Bonchev–Trinajstić information content (AvgIpc) is 4.02. The van der Waals surface area contributed by atoms with Gasteiger partial charge in [-0.25, -0.2) is 9.97 Å². The van der Waals surface area contributed by atoms with E-state index in [1.165, 1.54) is 83.1 Å². The monoisotopic (exact) mass is 1130 g/mol. The van der Waals surface area contributed by atoms with Crippen LogP contribution in [0.25, 0.3) is 111 Å². The zero-order valence-corrected chi connectivity index (χ0v) is 46.1. The molecule has 0 amide bonds. The Kier molecular flexibility index (Phi) is 11.6. The summed E-state index contributed by atoms with van der Waals surface area (Å²) in [7, 11) is 0. The Hall–Kier alpha value is -7.33. The van der Waals surface area contributed by atoms with Crippen LogP contribution in [0.4, 0.5) is 0 Å². The van der Waals surface area contributed by atoms with Crippen molar-refractivity contribution in [3.05, 3.63) is 201 Å². The number of aromatic nitrogens is 5. The number of hydrogen-bond acceptors (Lipinski definition) is 2. The van der Waals surface area contributed by atoms with Crippen molar-refractivity contribution in [2.75, 3.05) is 0 Å². The summed E-state index contributed by atoms with van der Waals surface area (Å²) in [5.41, 5.74) is 27.5. The van der Waals surface area contributed by atoms with Crippen molar-refractivity contribution in [2.24, 2.45) is 0 Å². The van der Waals surface area contributed by atoms with Crippen LogP contribution < -0.4 is 4.98 Å². The number of aryl methyl sites for hydroxylation is 8. The third kappa shape index (κ3) is 7.78. The van der Waals surface area contributed by atoms with E-state index in [1.54, 1.807) is 0 Å². The van der Waals surface area contributed by atoms with Crippen LogP contribution in [0.15, 0.2) is 140 Å². The first-order chi connectivity index (χ1) is 34.5. The third-order valence-electron chi connectivity index (χ3n) is 15.4. The van der Waals surface area contributed by atoms with Crippen LogP contribution >= 0.6 is 0 Å². The van der Waals surface area contributed by atoms with Gasteiger partial charge in [-0.2, -0.15) is 0 Å². The standard InChI is InChI=1S/C67H59N5.Pt/c1-37-28-41(5)61(42(6)29-37)47-26-27-68-60(35-47)72-57-25-23-48(67(10,11)12)36-55(57)51-24-22-46(34-59(51)72)50-16-15-21-58-65(50)70-66(71(58)49-32-39(3)45(9)40(4)33-49)54-19-13-18-53-63-52(17-14-20-56(63)69-64(53)54)62-43(7)30-38(2)31-44(62)8;/h13-33,35-36H,1-12H3;/q-2;+2.